The molecule has 0 saturated carbocycles. The number of aryl methyl sites for hydroxylation is 2. The van der Waals surface area contributed by atoms with Crippen LogP contribution in [0.25, 0.3) is 22.2 Å². The Kier molecular flexibility index (Phi) is 3.96. The number of aromatic nitrogens is 3. The number of fused-ring (bicyclic) bond motifs is 1. The minimum absolute atomic E-state index is 0.443. The first kappa shape index (κ1) is 16.1. The Balaban J connectivity index is 1.81. The summed E-state index contributed by atoms with van der Waals surface area (Å²) in [6.07, 6.45) is 2.62. The SMILES string of the molecule is Cc1nc2n[nH]c(N)c2c(C)c1-c1cccc([C@@H](C)N2CCCC2)c1. The Morgan fingerprint density at radius 2 is 1.96 bits per heavy atom. The van der Waals surface area contributed by atoms with E-state index in [2.05, 4.69) is 58.2 Å². The van der Waals surface area contributed by atoms with Crippen LogP contribution in [0.15, 0.2) is 24.3 Å². The topological polar surface area (TPSA) is 70.8 Å². The molecule has 1 aliphatic rings. The largest absolute Gasteiger partial charge is 0.384 e. The van der Waals surface area contributed by atoms with E-state index in [9.17, 15) is 0 Å². The quantitative estimate of drug-likeness (QED) is 0.759. The number of nitrogen functional groups attached to an aromatic ring is 1. The van der Waals surface area contributed by atoms with Crippen molar-refractivity contribution in [2.45, 2.75) is 39.7 Å². The summed E-state index contributed by atoms with van der Waals surface area (Å²) in [5.74, 6) is 0.586. The highest BCUT2D eigenvalue weighted by Gasteiger charge is 2.21. The summed E-state index contributed by atoms with van der Waals surface area (Å²) in [4.78, 5) is 7.22. The lowest BCUT2D eigenvalue weighted by Gasteiger charge is -2.24. The van der Waals surface area contributed by atoms with Crippen molar-refractivity contribution in [2.24, 2.45) is 0 Å². The minimum Gasteiger partial charge on any atom is -0.384 e. The highest BCUT2D eigenvalue weighted by molar-refractivity contribution is 5.94. The smallest absolute Gasteiger partial charge is 0.183 e. The average Bonchev–Trinajstić information content (AvgIpc) is 3.25. The molecule has 4 rings (SSSR count). The third-order valence-corrected chi connectivity index (χ3v) is 5.51. The van der Waals surface area contributed by atoms with Crippen LogP contribution in [0, 0.1) is 13.8 Å². The Morgan fingerprint density at radius 1 is 1.20 bits per heavy atom. The van der Waals surface area contributed by atoms with Crippen LogP contribution in [0.1, 0.15) is 42.6 Å². The molecular formula is C20H25N5. The van der Waals surface area contributed by atoms with Crippen molar-refractivity contribution in [3.8, 4) is 11.1 Å². The average molecular weight is 335 g/mol. The summed E-state index contributed by atoms with van der Waals surface area (Å²) < 4.78 is 0. The van der Waals surface area contributed by atoms with Gasteiger partial charge in [0.2, 0.25) is 0 Å². The molecule has 0 spiro atoms. The molecule has 0 unspecified atom stereocenters. The third-order valence-electron chi connectivity index (χ3n) is 5.51. The van der Waals surface area contributed by atoms with Gasteiger partial charge >= 0.3 is 0 Å². The zero-order valence-corrected chi connectivity index (χ0v) is 15.1. The van der Waals surface area contributed by atoms with E-state index in [1.165, 1.54) is 37.1 Å². The monoisotopic (exact) mass is 335 g/mol. The van der Waals surface area contributed by atoms with Gasteiger partial charge < -0.3 is 5.73 Å². The molecule has 0 amide bonds. The van der Waals surface area contributed by atoms with Crippen molar-refractivity contribution >= 4 is 16.9 Å². The van der Waals surface area contributed by atoms with Crippen molar-refractivity contribution in [1.29, 1.82) is 0 Å². The van der Waals surface area contributed by atoms with Crippen molar-refractivity contribution < 1.29 is 0 Å². The van der Waals surface area contributed by atoms with E-state index >= 15 is 0 Å². The first-order valence-corrected chi connectivity index (χ1v) is 9.01. The molecule has 3 N–H and O–H groups in total. The summed E-state index contributed by atoms with van der Waals surface area (Å²) in [5, 5.41) is 7.98. The predicted octanol–water partition coefficient (Wildman–Crippen LogP) is 3.98. The molecule has 1 saturated heterocycles. The van der Waals surface area contributed by atoms with Crippen molar-refractivity contribution in [1.82, 2.24) is 20.1 Å². The zero-order chi connectivity index (χ0) is 17.6. The second kappa shape index (κ2) is 6.15. The van der Waals surface area contributed by atoms with Gasteiger partial charge in [-0.05, 0) is 69.5 Å². The van der Waals surface area contributed by atoms with Crippen LogP contribution in [-0.2, 0) is 0 Å². The molecule has 1 aliphatic heterocycles. The number of H-pyrrole nitrogens is 1. The Bertz CT molecular complexity index is 921. The summed E-state index contributed by atoms with van der Waals surface area (Å²) in [5.41, 5.74) is 12.6. The van der Waals surface area contributed by atoms with Crippen LogP contribution in [0.4, 0.5) is 5.82 Å². The van der Waals surface area contributed by atoms with Crippen LogP contribution < -0.4 is 5.73 Å². The van der Waals surface area contributed by atoms with Crippen molar-refractivity contribution in [3.05, 3.63) is 41.1 Å². The summed E-state index contributed by atoms with van der Waals surface area (Å²) >= 11 is 0. The van der Waals surface area contributed by atoms with E-state index in [-0.39, 0.29) is 0 Å². The lowest BCUT2D eigenvalue weighted by atomic mass is 9.94. The van der Waals surface area contributed by atoms with Crippen molar-refractivity contribution in [2.75, 3.05) is 18.8 Å². The van der Waals surface area contributed by atoms with Crippen molar-refractivity contribution in [3.63, 3.8) is 0 Å². The molecule has 25 heavy (non-hydrogen) atoms. The van der Waals surface area contributed by atoms with Gasteiger partial charge in [-0.2, -0.15) is 5.10 Å². The molecule has 0 bridgehead atoms. The Labute approximate surface area is 148 Å². The molecule has 3 aromatic rings. The number of benzene rings is 1. The molecule has 0 aliphatic carbocycles. The van der Waals surface area contributed by atoms with E-state index < -0.39 is 0 Å². The molecule has 1 aromatic carbocycles. The normalized spacial score (nSPS) is 16.6. The zero-order valence-electron chi connectivity index (χ0n) is 15.1. The highest BCUT2D eigenvalue weighted by Crippen LogP contribution is 2.35. The molecule has 1 atom stereocenters. The number of hydrogen-bond acceptors (Lipinski definition) is 4. The fraction of sp³-hybridized carbons (Fsp3) is 0.400. The Hall–Kier alpha value is -2.40. The van der Waals surface area contributed by atoms with Gasteiger partial charge in [0.05, 0.1) is 5.39 Å². The van der Waals surface area contributed by atoms with E-state index in [1.54, 1.807) is 0 Å². The van der Waals surface area contributed by atoms with Gasteiger partial charge in [0.1, 0.15) is 5.82 Å². The number of nitrogens with zero attached hydrogens (tertiary/aromatic N) is 3. The minimum atomic E-state index is 0.443. The number of hydrogen-bond donors (Lipinski definition) is 2. The molecule has 130 valence electrons. The van der Waals surface area contributed by atoms with Gasteiger partial charge in [0.15, 0.2) is 5.65 Å². The maximum absolute atomic E-state index is 6.07. The van der Waals surface area contributed by atoms with Crippen LogP contribution in [0.2, 0.25) is 0 Å². The van der Waals surface area contributed by atoms with Gasteiger partial charge in [0, 0.05) is 17.3 Å². The van der Waals surface area contributed by atoms with Crippen LogP contribution in [0.3, 0.4) is 0 Å². The van der Waals surface area contributed by atoms with Crippen LogP contribution in [-0.4, -0.2) is 33.2 Å². The van der Waals surface area contributed by atoms with Gasteiger partial charge in [-0.15, -0.1) is 0 Å². The first-order valence-electron chi connectivity index (χ1n) is 9.01. The number of aromatic amines is 1. The number of rotatable bonds is 3. The van der Waals surface area contributed by atoms with Gasteiger partial charge in [0.25, 0.3) is 0 Å². The van der Waals surface area contributed by atoms with Gasteiger partial charge in [-0.3, -0.25) is 10.00 Å². The molecule has 3 heterocycles. The van der Waals surface area contributed by atoms with Crippen LogP contribution >= 0.6 is 0 Å². The fourth-order valence-electron chi connectivity index (χ4n) is 4.13. The third kappa shape index (κ3) is 2.68. The second-order valence-electron chi connectivity index (χ2n) is 7.08. The predicted molar refractivity (Wildman–Crippen MR) is 102 cm³/mol. The number of nitrogens with two attached hydrogens (primary N) is 1. The van der Waals surface area contributed by atoms with E-state index in [0.717, 1.165) is 22.2 Å². The number of nitrogens with one attached hydrogen (secondary N) is 1. The van der Waals surface area contributed by atoms with E-state index in [0.29, 0.717) is 17.5 Å². The first-order chi connectivity index (χ1) is 12.1. The second-order valence-corrected chi connectivity index (χ2v) is 7.08. The van der Waals surface area contributed by atoms with Crippen LogP contribution in [0.5, 0.6) is 0 Å². The standard InChI is InChI=1S/C20H25N5/c1-12-17(13(2)22-20-18(12)19(21)23-24-20)16-8-6-7-15(11-16)14(3)25-9-4-5-10-25/h6-8,11,14H,4-5,9-10H2,1-3H3,(H3,21,22,23,24)/t14-/m1/s1. The maximum Gasteiger partial charge on any atom is 0.183 e. The number of pyridine rings is 1. The maximum atomic E-state index is 6.07. The molecule has 5 heteroatoms. The molecule has 5 nitrogen and oxygen atoms in total. The molecular weight excluding hydrogens is 310 g/mol. The molecule has 2 aromatic heterocycles. The molecule has 1 fully saturated rings. The van der Waals surface area contributed by atoms with Gasteiger partial charge in [-0.25, -0.2) is 4.98 Å². The Morgan fingerprint density at radius 3 is 2.72 bits per heavy atom. The molecule has 0 radical (unpaired) electrons. The summed E-state index contributed by atoms with van der Waals surface area (Å²) in [7, 11) is 0. The summed E-state index contributed by atoms with van der Waals surface area (Å²) in [6.45, 7) is 8.85. The lowest BCUT2D eigenvalue weighted by molar-refractivity contribution is 0.263. The highest BCUT2D eigenvalue weighted by atomic mass is 15.2. The fourth-order valence-corrected chi connectivity index (χ4v) is 4.13. The van der Waals surface area contributed by atoms with Gasteiger partial charge in [-0.1, -0.05) is 18.2 Å². The van der Waals surface area contributed by atoms with E-state index in [1.807, 2.05) is 6.92 Å². The number of anilines is 1. The number of likely N-dealkylation sites (tertiary alicyclic amines) is 1. The lowest BCUT2D eigenvalue weighted by Crippen LogP contribution is -2.23. The summed E-state index contributed by atoms with van der Waals surface area (Å²) in [6, 6.07) is 9.30. The van der Waals surface area contributed by atoms with E-state index in [4.69, 9.17) is 5.73 Å².